The summed E-state index contributed by atoms with van der Waals surface area (Å²) in [4.78, 5) is 12.6. The molecule has 1 saturated heterocycles. The number of hydrogen-bond donors (Lipinski definition) is 0. The van der Waals surface area contributed by atoms with Crippen LogP contribution in [0.15, 0.2) is 41.3 Å². The topological polar surface area (TPSA) is 26.3 Å². The summed E-state index contributed by atoms with van der Waals surface area (Å²) in [5.41, 5.74) is 1.23. The molecule has 2 nitrogen and oxygen atoms in total. The van der Waals surface area contributed by atoms with Crippen molar-refractivity contribution < 1.29 is 9.53 Å². The SMILES string of the molecule is Cc1ccc(S[C@@]23OC(=O)[C@@H](Cl)[C@@H]2[C@H]2C=C[C@@H]3C2)cc1. The lowest BCUT2D eigenvalue weighted by molar-refractivity contribution is -0.144. The van der Waals surface area contributed by atoms with Crippen molar-refractivity contribution >= 4 is 29.3 Å². The molecule has 104 valence electrons. The maximum absolute atomic E-state index is 12.0. The molecule has 4 heteroatoms. The van der Waals surface area contributed by atoms with Gasteiger partial charge in [-0.2, -0.15) is 0 Å². The molecule has 1 aromatic carbocycles. The highest BCUT2D eigenvalue weighted by Crippen LogP contribution is 2.64. The Balaban J connectivity index is 1.72. The van der Waals surface area contributed by atoms with Gasteiger partial charge in [-0.25, -0.2) is 0 Å². The number of thioether (sulfide) groups is 1. The monoisotopic (exact) mass is 306 g/mol. The number of alkyl halides is 1. The zero-order chi connectivity index (χ0) is 13.9. The average molecular weight is 307 g/mol. The van der Waals surface area contributed by atoms with Gasteiger partial charge in [0.05, 0.1) is 0 Å². The zero-order valence-corrected chi connectivity index (χ0v) is 12.7. The number of benzene rings is 1. The van der Waals surface area contributed by atoms with Gasteiger partial charge in [0, 0.05) is 16.7 Å². The lowest BCUT2D eigenvalue weighted by Crippen LogP contribution is -2.37. The van der Waals surface area contributed by atoms with Gasteiger partial charge in [-0.05, 0) is 31.4 Å². The molecule has 2 fully saturated rings. The Morgan fingerprint density at radius 3 is 2.80 bits per heavy atom. The van der Waals surface area contributed by atoms with Gasteiger partial charge in [0.15, 0.2) is 4.93 Å². The summed E-state index contributed by atoms with van der Waals surface area (Å²) < 4.78 is 5.79. The second kappa shape index (κ2) is 4.28. The smallest absolute Gasteiger partial charge is 0.325 e. The van der Waals surface area contributed by atoms with Crippen molar-refractivity contribution in [3.05, 3.63) is 42.0 Å². The summed E-state index contributed by atoms with van der Waals surface area (Å²) in [6, 6.07) is 8.37. The average Bonchev–Trinajstić information content (AvgIpc) is 3.06. The van der Waals surface area contributed by atoms with Crippen LogP contribution < -0.4 is 0 Å². The lowest BCUT2D eigenvalue weighted by Gasteiger charge is -2.34. The Bertz CT molecular complexity index is 595. The van der Waals surface area contributed by atoms with Crippen molar-refractivity contribution in [1.29, 1.82) is 0 Å². The lowest BCUT2D eigenvalue weighted by atomic mass is 9.89. The Hall–Kier alpha value is -0.930. The highest BCUT2D eigenvalue weighted by molar-refractivity contribution is 8.00. The van der Waals surface area contributed by atoms with Gasteiger partial charge in [-0.3, -0.25) is 4.79 Å². The fraction of sp³-hybridized carbons (Fsp3) is 0.438. The summed E-state index contributed by atoms with van der Waals surface area (Å²) in [6.45, 7) is 2.07. The van der Waals surface area contributed by atoms with E-state index < -0.39 is 10.3 Å². The van der Waals surface area contributed by atoms with Crippen LogP contribution in [0.25, 0.3) is 0 Å². The van der Waals surface area contributed by atoms with Gasteiger partial charge in [-0.1, -0.05) is 41.6 Å². The van der Waals surface area contributed by atoms with Crippen LogP contribution in [-0.2, 0) is 9.53 Å². The molecule has 1 heterocycles. The van der Waals surface area contributed by atoms with Crippen molar-refractivity contribution in [2.75, 3.05) is 0 Å². The van der Waals surface area contributed by atoms with Crippen molar-refractivity contribution in [1.82, 2.24) is 0 Å². The molecule has 0 spiro atoms. The Morgan fingerprint density at radius 1 is 1.30 bits per heavy atom. The third-order valence-corrected chi connectivity index (χ3v) is 6.59. The third kappa shape index (κ3) is 1.63. The molecular formula is C16H15ClO2S. The number of aryl methyl sites for hydroxylation is 1. The summed E-state index contributed by atoms with van der Waals surface area (Å²) in [6.07, 6.45) is 5.46. The first-order valence-electron chi connectivity index (χ1n) is 6.91. The summed E-state index contributed by atoms with van der Waals surface area (Å²) in [5.74, 6) is 0.510. The molecule has 3 aliphatic rings. The van der Waals surface area contributed by atoms with E-state index in [4.69, 9.17) is 16.3 Å². The van der Waals surface area contributed by atoms with Gasteiger partial charge in [0.1, 0.15) is 5.38 Å². The first kappa shape index (κ1) is 12.8. The molecule has 4 rings (SSSR count). The van der Waals surface area contributed by atoms with Crippen LogP contribution in [0.1, 0.15) is 12.0 Å². The maximum Gasteiger partial charge on any atom is 0.325 e. The molecule has 0 N–H and O–H groups in total. The minimum absolute atomic E-state index is 0.0953. The molecule has 1 aliphatic heterocycles. The molecule has 0 radical (unpaired) electrons. The van der Waals surface area contributed by atoms with Crippen LogP contribution in [-0.4, -0.2) is 16.3 Å². The molecule has 0 amide bonds. The number of halogens is 1. The van der Waals surface area contributed by atoms with Crippen molar-refractivity contribution in [2.45, 2.75) is 28.6 Å². The molecule has 5 atom stereocenters. The van der Waals surface area contributed by atoms with Gasteiger partial charge in [0.2, 0.25) is 0 Å². The van der Waals surface area contributed by atoms with E-state index in [1.165, 1.54) is 5.56 Å². The normalized spacial score (nSPS) is 41.0. The molecule has 20 heavy (non-hydrogen) atoms. The van der Waals surface area contributed by atoms with E-state index in [1.807, 2.05) is 0 Å². The molecule has 2 bridgehead atoms. The third-order valence-electron chi connectivity index (χ3n) is 4.66. The quantitative estimate of drug-likeness (QED) is 0.473. The van der Waals surface area contributed by atoms with E-state index in [1.54, 1.807) is 11.8 Å². The van der Waals surface area contributed by atoms with E-state index in [9.17, 15) is 4.79 Å². The number of allylic oxidation sites excluding steroid dienone is 1. The first-order valence-corrected chi connectivity index (χ1v) is 8.16. The fourth-order valence-electron chi connectivity index (χ4n) is 3.72. The van der Waals surface area contributed by atoms with E-state index in [2.05, 4.69) is 43.3 Å². The van der Waals surface area contributed by atoms with E-state index in [0.717, 1.165) is 11.3 Å². The number of ether oxygens (including phenoxy) is 1. The van der Waals surface area contributed by atoms with Crippen LogP contribution in [0, 0.1) is 24.7 Å². The van der Waals surface area contributed by atoms with Crippen LogP contribution in [0.5, 0.6) is 0 Å². The number of fused-ring (bicyclic) bond motifs is 5. The number of esters is 1. The molecule has 1 saturated carbocycles. The Morgan fingerprint density at radius 2 is 2.05 bits per heavy atom. The standard InChI is InChI=1S/C16H15ClO2S/c1-9-2-6-12(7-3-9)20-16-11-5-4-10(8-11)13(16)14(17)15(18)19-16/h2-7,10-11,13-14H,8H2,1H3/t10-,11+,13-,14-,16+/m0/s1. The number of hydrogen-bond acceptors (Lipinski definition) is 3. The van der Waals surface area contributed by atoms with E-state index in [-0.39, 0.29) is 17.8 Å². The van der Waals surface area contributed by atoms with Crippen molar-refractivity contribution in [3.8, 4) is 0 Å². The van der Waals surface area contributed by atoms with Gasteiger partial charge < -0.3 is 4.74 Å². The first-order chi connectivity index (χ1) is 9.60. The van der Waals surface area contributed by atoms with Crippen molar-refractivity contribution in [3.63, 3.8) is 0 Å². The number of carbonyl (C=O) groups excluding carboxylic acids is 1. The molecular weight excluding hydrogens is 292 g/mol. The Labute approximate surface area is 127 Å². The highest BCUT2D eigenvalue weighted by atomic mass is 35.5. The molecule has 0 aromatic heterocycles. The number of carbonyl (C=O) groups is 1. The van der Waals surface area contributed by atoms with Crippen LogP contribution in [0.4, 0.5) is 0 Å². The second-order valence-electron chi connectivity index (χ2n) is 5.88. The van der Waals surface area contributed by atoms with Crippen LogP contribution in [0.2, 0.25) is 0 Å². The predicted octanol–water partition coefficient (Wildman–Crippen LogP) is 3.77. The second-order valence-corrected chi connectivity index (χ2v) is 7.66. The van der Waals surface area contributed by atoms with E-state index >= 15 is 0 Å². The van der Waals surface area contributed by atoms with Crippen LogP contribution in [0.3, 0.4) is 0 Å². The largest absolute Gasteiger partial charge is 0.445 e. The van der Waals surface area contributed by atoms with Crippen LogP contribution >= 0.6 is 23.4 Å². The molecule has 1 aromatic rings. The minimum Gasteiger partial charge on any atom is -0.445 e. The molecule has 2 aliphatic carbocycles. The summed E-state index contributed by atoms with van der Waals surface area (Å²) >= 11 is 7.99. The molecule has 0 unspecified atom stereocenters. The van der Waals surface area contributed by atoms with E-state index in [0.29, 0.717) is 5.92 Å². The van der Waals surface area contributed by atoms with Gasteiger partial charge in [0.25, 0.3) is 0 Å². The zero-order valence-electron chi connectivity index (χ0n) is 11.1. The minimum atomic E-state index is -0.507. The summed E-state index contributed by atoms with van der Waals surface area (Å²) in [5, 5.41) is -0.507. The fourth-order valence-corrected chi connectivity index (χ4v) is 5.75. The predicted molar refractivity (Wildman–Crippen MR) is 79.7 cm³/mol. The Kier molecular flexibility index (Phi) is 2.74. The van der Waals surface area contributed by atoms with Gasteiger partial charge in [-0.15, -0.1) is 11.6 Å². The number of rotatable bonds is 2. The summed E-state index contributed by atoms with van der Waals surface area (Å²) in [7, 11) is 0. The van der Waals surface area contributed by atoms with Gasteiger partial charge >= 0.3 is 5.97 Å². The maximum atomic E-state index is 12.0. The van der Waals surface area contributed by atoms with Crippen molar-refractivity contribution in [2.24, 2.45) is 17.8 Å². The highest BCUT2D eigenvalue weighted by Gasteiger charge is 2.67.